The molecule has 0 fully saturated rings. The molecule has 0 radical (unpaired) electrons. The second-order valence-electron chi connectivity index (χ2n) is 8.14. The molecular formula is C25H24N2. The number of rotatable bonds is 1. The molecule has 2 aromatic carbocycles. The average molecular weight is 352 g/mol. The molecule has 1 unspecified atom stereocenters. The fourth-order valence-electron chi connectivity index (χ4n) is 5.34. The molecule has 0 bridgehead atoms. The second kappa shape index (κ2) is 6.22. The van der Waals surface area contributed by atoms with E-state index in [0.29, 0.717) is 6.04 Å². The first-order chi connectivity index (χ1) is 13.2. The van der Waals surface area contributed by atoms with Crippen molar-refractivity contribution in [2.75, 3.05) is 13.6 Å². The van der Waals surface area contributed by atoms with Gasteiger partial charge in [0.1, 0.15) is 0 Å². The fourth-order valence-corrected chi connectivity index (χ4v) is 5.34. The molecule has 27 heavy (non-hydrogen) atoms. The van der Waals surface area contributed by atoms with E-state index in [1.807, 2.05) is 6.08 Å². The number of hydrogen-bond acceptors (Lipinski definition) is 2. The van der Waals surface area contributed by atoms with E-state index in [0.717, 1.165) is 19.4 Å². The van der Waals surface area contributed by atoms with Crippen LogP contribution in [0.25, 0.3) is 11.1 Å². The molecule has 134 valence electrons. The maximum atomic E-state index is 9.77. The molecule has 0 saturated carbocycles. The van der Waals surface area contributed by atoms with Gasteiger partial charge in [0.15, 0.2) is 0 Å². The molecule has 0 N–H and O–H groups in total. The Morgan fingerprint density at radius 1 is 1.11 bits per heavy atom. The third kappa shape index (κ3) is 2.42. The van der Waals surface area contributed by atoms with Crippen molar-refractivity contribution in [1.29, 1.82) is 5.26 Å². The Balaban J connectivity index is 1.75. The van der Waals surface area contributed by atoms with E-state index in [2.05, 4.69) is 73.5 Å². The summed E-state index contributed by atoms with van der Waals surface area (Å²) in [6.45, 7) is 3.29. The van der Waals surface area contributed by atoms with Crippen LogP contribution < -0.4 is 0 Å². The van der Waals surface area contributed by atoms with Crippen molar-refractivity contribution in [3.8, 4) is 17.2 Å². The molecule has 0 aromatic heterocycles. The standard InChI is InChI=1S/C25H24N2/c1-16-6-3-9-19(15-26)23(16)20-10-5-8-18-14-22-25-17(12-13-27(22)2)7-4-11-21(25)24(18)20/h3-11,19,22-23H,12-14H2,1-2H3/t19?,22-,23+/m1/s1. The summed E-state index contributed by atoms with van der Waals surface area (Å²) in [5.74, 6) is 0.0464. The van der Waals surface area contributed by atoms with Crippen LogP contribution in [0.15, 0.2) is 60.2 Å². The Bertz CT molecular complexity index is 1020. The van der Waals surface area contributed by atoms with E-state index in [9.17, 15) is 5.26 Å². The van der Waals surface area contributed by atoms with Crippen LogP contribution in [-0.4, -0.2) is 18.5 Å². The number of likely N-dealkylation sites (N-methyl/N-ethyl adjacent to an activating group) is 1. The minimum absolute atomic E-state index is 0.0959. The van der Waals surface area contributed by atoms with Crippen LogP contribution in [0.3, 0.4) is 0 Å². The van der Waals surface area contributed by atoms with Crippen LogP contribution in [0.5, 0.6) is 0 Å². The van der Waals surface area contributed by atoms with Gasteiger partial charge in [-0.1, -0.05) is 60.2 Å². The van der Waals surface area contributed by atoms with Crippen molar-refractivity contribution in [3.05, 3.63) is 82.5 Å². The van der Waals surface area contributed by atoms with Gasteiger partial charge in [-0.3, -0.25) is 4.90 Å². The fraction of sp³-hybridized carbons (Fsp3) is 0.320. The zero-order valence-electron chi connectivity index (χ0n) is 15.9. The molecule has 3 aliphatic rings. The Morgan fingerprint density at radius 2 is 1.93 bits per heavy atom. The van der Waals surface area contributed by atoms with Crippen LogP contribution in [0, 0.1) is 17.2 Å². The molecule has 1 heterocycles. The quantitative estimate of drug-likeness (QED) is 0.707. The molecule has 2 aliphatic carbocycles. The number of allylic oxidation sites excluding steroid dienone is 4. The second-order valence-corrected chi connectivity index (χ2v) is 8.14. The molecule has 3 atom stereocenters. The van der Waals surface area contributed by atoms with Crippen LogP contribution in [0.4, 0.5) is 0 Å². The predicted octanol–water partition coefficient (Wildman–Crippen LogP) is 5.18. The number of benzene rings is 2. The minimum Gasteiger partial charge on any atom is -0.299 e. The Morgan fingerprint density at radius 3 is 2.78 bits per heavy atom. The van der Waals surface area contributed by atoms with Gasteiger partial charge in [-0.05, 0) is 60.2 Å². The van der Waals surface area contributed by atoms with E-state index >= 15 is 0 Å². The van der Waals surface area contributed by atoms with Gasteiger partial charge in [-0.25, -0.2) is 0 Å². The number of nitriles is 1. The van der Waals surface area contributed by atoms with E-state index in [-0.39, 0.29) is 11.8 Å². The maximum Gasteiger partial charge on any atom is 0.0752 e. The van der Waals surface area contributed by atoms with E-state index in [1.54, 1.807) is 0 Å². The SMILES string of the molecule is CC1=CC=CC(C#N)[C@H]1c1cccc2c1-c1cccc3c1[C@@H](C2)N(C)CC3. The molecule has 0 saturated heterocycles. The van der Waals surface area contributed by atoms with Gasteiger partial charge in [0.05, 0.1) is 12.0 Å². The summed E-state index contributed by atoms with van der Waals surface area (Å²) < 4.78 is 0. The summed E-state index contributed by atoms with van der Waals surface area (Å²) in [5.41, 5.74) is 9.82. The highest BCUT2D eigenvalue weighted by Crippen LogP contribution is 2.49. The molecule has 5 rings (SSSR count). The van der Waals surface area contributed by atoms with Gasteiger partial charge in [-0.2, -0.15) is 5.26 Å². The molecule has 2 nitrogen and oxygen atoms in total. The third-order valence-electron chi connectivity index (χ3n) is 6.67. The largest absolute Gasteiger partial charge is 0.299 e. The molecule has 2 aromatic rings. The monoisotopic (exact) mass is 352 g/mol. The first-order valence-electron chi connectivity index (χ1n) is 9.88. The minimum atomic E-state index is -0.0959. The van der Waals surface area contributed by atoms with E-state index < -0.39 is 0 Å². The smallest absolute Gasteiger partial charge is 0.0752 e. The van der Waals surface area contributed by atoms with Crippen LogP contribution >= 0.6 is 0 Å². The zero-order chi connectivity index (χ0) is 18.5. The third-order valence-corrected chi connectivity index (χ3v) is 6.67. The molecule has 2 heteroatoms. The highest BCUT2D eigenvalue weighted by atomic mass is 15.1. The Labute approximate surface area is 161 Å². The highest BCUT2D eigenvalue weighted by Gasteiger charge is 2.35. The summed E-state index contributed by atoms with van der Waals surface area (Å²) in [6, 6.07) is 16.5. The van der Waals surface area contributed by atoms with Crippen molar-refractivity contribution >= 4 is 0 Å². The Kier molecular flexibility index (Phi) is 3.81. The highest BCUT2D eigenvalue weighted by molar-refractivity contribution is 5.79. The first-order valence-corrected chi connectivity index (χ1v) is 9.88. The van der Waals surface area contributed by atoms with E-state index in [1.165, 1.54) is 39.0 Å². The van der Waals surface area contributed by atoms with Crippen molar-refractivity contribution in [1.82, 2.24) is 4.90 Å². The first kappa shape index (κ1) is 16.5. The number of hydrogen-bond donors (Lipinski definition) is 0. The lowest BCUT2D eigenvalue weighted by Crippen LogP contribution is -2.35. The van der Waals surface area contributed by atoms with Crippen molar-refractivity contribution in [2.24, 2.45) is 5.92 Å². The van der Waals surface area contributed by atoms with Crippen molar-refractivity contribution in [3.63, 3.8) is 0 Å². The summed E-state index contributed by atoms with van der Waals surface area (Å²) in [4.78, 5) is 2.51. The summed E-state index contributed by atoms with van der Waals surface area (Å²) >= 11 is 0. The lowest BCUT2D eigenvalue weighted by molar-refractivity contribution is 0.228. The van der Waals surface area contributed by atoms with Crippen LogP contribution in [0.2, 0.25) is 0 Å². The number of nitrogens with zero attached hydrogens (tertiary/aromatic N) is 2. The maximum absolute atomic E-state index is 9.77. The molecule has 0 amide bonds. The average Bonchev–Trinajstić information content (AvgIpc) is 2.70. The van der Waals surface area contributed by atoms with Gasteiger partial charge >= 0.3 is 0 Å². The number of fused-ring (bicyclic) bond motifs is 2. The lowest BCUT2D eigenvalue weighted by Gasteiger charge is -2.41. The van der Waals surface area contributed by atoms with Gasteiger partial charge < -0.3 is 0 Å². The summed E-state index contributed by atoms with van der Waals surface area (Å²) in [6.07, 6.45) is 8.44. The molecular weight excluding hydrogens is 328 g/mol. The van der Waals surface area contributed by atoms with Gasteiger partial charge in [0.2, 0.25) is 0 Å². The van der Waals surface area contributed by atoms with Crippen LogP contribution in [-0.2, 0) is 12.8 Å². The normalized spacial score (nSPS) is 26.0. The molecule has 0 spiro atoms. The van der Waals surface area contributed by atoms with E-state index in [4.69, 9.17) is 0 Å². The zero-order valence-corrected chi connectivity index (χ0v) is 15.9. The van der Waals surface area contributed by atoms with Crippen molar-refractivity contribution in [2.45, 2.75) is 31.7 Å². The van der Waals surface area contributed by atoms with Crippen molar-refractivity contribution < 1.29 is 0 Å². The summed E-state index contributed by atoms with van der Waals surface area (Å²) in [5, 5.41) is 9.77. The van der Waals surface area contributed by atoms with Crippen LogP contribution in [0.1, 0.15) is 41.1 Å². The summed E-state index contributed by atoms with van der Waals surface area (Å²) in [7, 11) is 2.25. The van der Waals surface area contributed by atoms with Gasteiger partial charge in [0.25, 0.3) is 0 Å². The topological polar surface area (TPSA) is 27.0 Å². The predicted molar refractivity (Wildman–Crippen MR) is 109 cm³/mol. The lowest BCUT2D eigenvalue weighted by atomic mass is 9.70. The molecule has 1 aliphatic heterocycles. The van der Waals surface area contributed by atoms with Gasteiger partial charge in [-0.15, -0.1) is 0 Å². The van der Waals surface area contributed by atoms with Gasteiger partial charge in [0, 0.05) is 18.5 Å². The Hall–Kier alpha value is -2.63.